The molecular weight excluding hydrogens is 392 g/mol. The summed E-state index contributed by atoms with van der Waals surface area (Å²) in [4.78, 5) is 0. The number of hydrogen-bond acceptors (Lipinski definition) is 5. The van der Waals surface area contributed by atoms with Crippen molar-refractivity contribution < 1.29 is 24.1 Å². The molecule has 0 aliphatic heterocycles. The minimum absolute atomic E-state index is 0.156. The molecule has 0 unspecified atom stereocenters. The molecule has 3 aromatic rings. The number of allylic oxidation sites excluding steroid dienone is 2. The van der Waals surface area contributed by atoms with Gasteiger partial charge in [-0.2, -0.15) is 0 Å². The zero-order chi connectivity index (χ0) is 22.8. The summed E-state index contributed by atoms with van der Waals surface area (Å²) in [5.41, 5.74) is 3.87. The summed E-state index contributed by atoms with van der Waals surface area (Å²) >= 11 is 0. The van der Waals surface area contributed by atoms with Crippen LogP contribution in [0.5, 0.6) is 17.2 Å². The Labute approximate surface area is 183 Å². The summed E-state index contributed by atoms with van der Waals surface area (Å²) in [5, 5.41) is 21.1. The second kappa shape index (κ2) is 9.06. The number of hydrogen-bond donors (Lipinski definition) is 2. The van der Waals surface area contributed by atoms with Crippen molar-refractivity contribution in [1.82, 2.24) is 0 Å². The molecule has 2 N–H and O–H groups in total. The molecular formula is C26H32O5. The summed E-state index contributed by atoms with van der Waals surface area (Å²) < 4.78 is 17.7. The molecule has 31 heavy (non-hydrogen) atoms. The smallest absolute Gasteiger partial charge is 0.138 e. The van der Waals surface area contributed by atoms with Gasteiger partial charge in [0.1, 0.15) is 28.6 Å². The highest BCUT2D eigenvalue weighted by atomic mass is 16.5. The summed E-state index contributed by atoms with van der Waals surface area (Å²) in [6, 6.07) is 8.98. The first-order valence-corrected chi connectivity index (χ1v) is 10.5. The highest BCUT2D eigenvalue weighted by Crippen LogP contribution is 2.43. The van der Waals surface area contributed by atoms with Gasteiger partial charge < -0.3 is 24.1 Å². The Morgan fingerprint density at radius 2 is 1.71 bits per heavy atom. The van der Waals surface area contributed by atoms with Crippen LogP contribution >= 0.6 is 0 Å². The summed E-state index contributed by atoms with van der Waals surface area (Å²) in [5.74, 6) is 2.25. The Kier molecular flexibility index (Phi) is 6.65. The average molecular weight is 425 g/mol. The van der Waals surface area contributed by atoms with Gasteiger partial charge in [-0.1, -0.05) is 11.6 Å². The number of aliphatic hydroxyl groups is 1. The van der Waals surface area contributed by atoms with E-state index in [1.807, 2.05) is 18.2 Å². The van der Waals surface area contributed by atoms with Gasteiger partial charge in [-0.05, 0) is 65.2 Å². The van der Waals surface area contributed by atoms with Crippen molar-refractivity contribution >= 4 is 11.0 Å². The topological polar surface area (TPSA) is 72.1 Å². The monoisotopic (exact) mass is 424 g/mol. The van der Waals surface area contributed by atoms with Crippen LogP contribution in [-0.2, 0) is 12.8 Å². The summed E-state index contributed by atoms with van der Waals surface area (Å²) in [6.07, 6.45) is 3.99. The number of fused-ring (bicyclic) bond motifs is 1. The van der Waals surface area contributed by atoms with Crippen molar-refractivity contribution in [2.24, 2.45) is 0 Å². The number of rotatable bonds is 8. The fourth-order valence-electron chi connectivity index (χ4n) is 3.71. The first-order valence-electron chi connectivity index (χ1n) is 10.5. The largest absolute Gasteiger partial charge is 0.508 e. The van der Waals surface area contributed by atoms with Crippen LogP contribution in [0.4, 0.5) is 0 Å². The van der Waals surface area contributed by atoms with Crippen LogP contribution in [-0.4, -0.2) is 30.0 Å². The second-order valence-electron chi connectivity index (χ2n) is 8.74. The maximum Gasteiger partial charge on any atom is 0.138 e. The number of aromatic hydroxyl groups is 1. The van der Waals surface area contributed by atoms with Gasteiger partial charge >= 0.3 is 0 Å². The second-order valence-corrected chi connectivity index (χ2v) is 8.74. The van der Waals surface area contributed by atoms with E-state index in [-0.39, 0.29) is 5.75 Å². The van der Waals surface area contributed by atoms with Gasteiger partial charge in [0.25, 0.3) is 0 Å². The van der Waals surface area contributed by atoms with E-state index in [2.05, 4.69) is 19.9 Å². The van der Waals surface area contributed by atoms with E-state index < -0.39 is 5.60 Å². The van der Waals surface area contributed by atoms with Crippen LogP contribution in [0.1, 0.15) is 45.2 Å². The normalized spacial score (nSPS) is 11.6. The molecule has 0 spiro atoms. The predicted octanol–water partition coefficient (Wildman–Crippen LogP) is 6.03. The lowest BCUT2D eigenvalue weighted by molar-refractivity contribution is 0.0712. The third kappa shape index (κ3) is 5.23. The standard InChI is InChI=1S/C26H32O5/c1-16(2)7-10-19-22(29-5)15-23(30-6)20(11-12-26(3,4)28)25(19)24-13-17-8-9-18(27)14-21(17)31-24/h7-9,13-15,27-28H,10-12H2,1-6H3. The summed E-state index contributed by atoms with van der Waals surface area (Å²) in [6.45, 7) is 7.73. The van der Waals surface area contributed by atoms with Crippen molar-refractivity contribution in [3.63, 3.8) is 0 Å². The number of furan rings is 1. The lowest BCUT2D eigenvalue weighted by Gasteiger charge is -2.22. The first kappa shape index (κ1) is 22.8. The molecule has 5 nitrogen and oxygen atoms in total. The Bertz CT molecular complexity index is 1100. The molecule has 2 aromatic carbocycles. The molecule has 0 bridgehead atoms. The number of phenols is 1. The molecule has 1 aromatic heterocycles. The third-order valence-electron chi connectivity index (χ3n) is 5.35. The maximum absolute atomic E-state index is 10.4. The zero-order valence-electron chi connectivity index (χ0n) is 19.2. The molecule has 0 saturated carbocycles. The lowest BCUT2D eigenvalue weighted by atomic mass is 9.89. The molecule has 1 heterocycles. The van der Waals surface area contributed by atoms with Gasteiger partial charge in [-0.15, -0.1) is 0 Å². The molecule has 166 valence electrons. The third-order valence-corrected chi connectivity index (χ3v) is 5.35. The SMILES string of the molecule is COc1cc(OC)c(CCC(C)(C)O)c(-c2cc3ccc(O)cc3o2)c1CC=C(C)C. The van der Waals surface area contributed by atoms with E-state index in [0.29, 0.717) is 36.4 Å². The molecule has 3 rings (SSSR count). The molecule has 0 fully saturated rings. The molecule has 5 heteroatoms. The first-order chi connectivity index (χ1) is 14.6. The quantitative estimate of drug-likeness (QED) is 0.432. The van der Waals surface area contributed by atoms with Crippen LogP contribution in [0.3, 0.4) is 0 Å². The van der Waals surface area contributed by atoms with E-state index in [4.69, 9.17) is 13.9 Å². The van der Waals surface area contributed by atoms with Gasteiger partial charge in [-0.3, -0.25) is 0 Å². The van der Waals surface area contributed by atoms with Crippen LogP contribution < -0.4 is 9.47 Å². The highest BCUT2D eigenvalue weighted by Gasteiger charge is 2.25. The van der Waals surface area contributed by atoms with Crippen molar-refractivity contribution in [2.75, 3.05) is 14.2 Å². The van der Waals surface area contributed by atoms with E-state index in [1.165, 1.54) is 5.57 Å². The fourth-order valence-corrected chi connectivity index (χ4v) is 3.71. The molecule has 0 radical (unpaired) electrons. The lowest BCUT2D eigenvalue weighted by Crippen LogP contribution is -2.19. The average Bonchev–Trinajstić information content (AvgIpc) is 3.11. The predicted molar refractivity (Wildman–Crippen MR) is 124 cm³/mol. The minimum atomic E-state index is -0.818. The van der Waals surface area contributed by atoms with Crippen LogP contribution in [0.25, 0.3) is 22.3 Å². The van der Waals surface area contributed by atoms with Crippen LogP contribution in [0.15, 0.2) is 46.4 Å². The molecule has 0 atom stereocenters. The van der Waals surface area contributed by atoms with Gasteiger partial charge in [0.15, 0.2) is 0 Å². The Morgan fingerprint density at radius 3 is 2.32 bits per heavy atom. The highest BCUT2D eigenvalue weighted by molar-refractivity contribution is 5.86. The van der Waals surface area contributed by atoms with Crippen molar-refractivity contribution in [3.05, 3.63) is 53.1 Å². The minimum Gasteiger partial charge on any atom is -0.508 e. The fraction of sp³-hybridized carbons (Fsp3) is 0.385. The summed E-state index contributed by atoms with van der Waals surface area (Å²) in [7, 11) is 3.29. The zero-order valence-corrected chi connectivity index (χ0v) is 19.2. The van der Waals surface area contributed by atoms with Gasteiger partial charge in [-0.25, -0.2) is 0 Å². The van der Waals surface area contributed by atoms with E-state index in [0.717, 1.165) is 27.8 Å². The van der Waals surface area contributed by atoms with Crippen molar-refractivity contribution in [3.8, 4) is 28.6 Å². The van der Waals surface area contributed by atoms with Gasteiger partial charge in [0.2, 0.25) is 0 Å². The molecule has 0 amide bonds. The molecule has 0 aliphatic rings. The van der Waals surface area contributed by atoms with Crippen molar-refractivity contribution in [1.29, 1.82) is 0 Å². The Hall–Kier alpha value is -2.92. The number of phenolic OH excluding ortho intramolecular Hbond substituents is 1. The van der Waals surface area contributed by atoms with E-state index >= 15 is 0 Å². The molecule has 0 aliphatic carbocycles. The Balaban J connectivity index is 2.31. The van der Waals surface area contributed by atoms with Gasteiger partial charge in [0, 0.05) is 34.2 Å². The van der Waals surface area contributed by atoms with Gasteiger partial charge in [0.05, 0.1) is 19.8 Å². The number of benzene rings is 2. The number of ether oxygens (including phenoxy) is 2. The van der Waals surface area contributed by atoms with E-state index in [1.54, 1.807) is 40.2 Å². The maximum atomic E-state index is 10.4. The van der Waals surface area contributed by atoms with Crippen LogP contribution in [0, 0.1) is 0 Å². The molecule has 0 saturated heterocycles. The van der Waals surface area contributed by atoms with E-state index in [9.17, 15) is 10.2 Å². The Morgan fingerprint density at radius 1 is 1.03 bits per heavy atom. The van der Waals surface area contributed by atoms with Crippen LogP contribution in [0.2, 0.25) is 0 Å². The number of methoxy groups -OCH3 is 2. The van der Waals surface area contributed by atoms with Crippen molar-refractivity contribution in [2.45, 2.75) is 52.6 Å².